The number of hydrogen-bond donors (Lipinski definition) is 0. The Morgan fingerprint density at radius 2 is 1.62 bits per heavy atom. The van der Waals surface area contributed by atoms with Crippen LogP contribution in [0.25, 0.3) is 6.08 Å². The molecule has 2 aromatic carbocycles. The van der Waals surface area contributed by atoms with Crippen molar-refractivity contribution in [3.05, 3.63) is 77.9 Å². The highest BCUT2D eigenvalue weighted by molar-refractivity contribution is 5.50. The maximum atomic E-state index is 9.56. The number of nitrogens with zero attached hydrogens (tertiary/aromatic N) is 2. The molecular formula is C21H24N2O. The van der Waals surface area contributed by atoms with Crippen LogP contribution in [0.2, 0.25) is 0 Å². The van der Waals surface area contributed by atoms with E-state index in [1.807, 2.05) is 72.6 Å². The molecule has 0 aromatic heterocycles. The lowest BCUT2D eigenvalue weighted by Crippen LogP contribution is -2.40. The monoisotopic (exact) mass is 320 g/mol. The van der Waals surface area contributed by atoms with Crippen LogP contribution in [0.4, 0.5) is 0 Å². The summed E-state index contributed by atoms with van der Waals surface area (Å²) < 4.78 is 5.70. The predicted octanol–water partition coefficient (Wildman–Crippen LogP) is 4.30. The second-order valence-electron chi connectivity index (χ2n) is 5.82. The average Bonchev–Trinajstić information content (AvgIpc) is 2.64. The molecule has 3 nitrogen and oxygen atoms in total. The van der Waals surface area contributed by atoms with Gasteiger partial charge in [0, 0.05) is 13.2 Å². The molecule has 2 aromatic rings. The summed E-state index contributed by atoms with van der Waals surface area (Å²) in [4.78, 5) is 2.04. The molecule has 0 aliphatic carbocycles. The predicted molar refractivity (Wildman–Crippen MR) is 98.3 cm³/mol. The van der Waals surface area contributed by atoms with Crippen molar-refractivity contribution in [1.29, 1.82) is 5.26 Å². The minimum absolute atomic E-state index is 0.0578. The van der Waals surface area contributed by atoms with E-state index in [2.05, 4.69) is 25.1 Å². The second-order valence-corrected chi connectivity index (χ2v) is 5.82. The third-order valence-electron chi connectivity index (χ3n) is 4.30. The summed E-state index contributed by atoms with van der Waals surface area (Å²) in [5, 5.41) is 9.56. The lowest BCUT2D eigenvalue weighted by molar-refractivity contribution is 0.0273. The highest BCUT2D eigenvalue weighted by Crippen LogP contribution is 2.25. The Hall–Kier alpha value is -2.41. The average molecular weight is 320 g/mol. The molecule has 24 heavy (non-hydrogen) atoms. The van der Waals surface area contributed by atoms with Gasteiger partial charge in [-0.1, -0.05) is 72.8 Å². The van der Waals surface area contributed by atoms with E-state index < -0.39 is 0 Å². The molecule has 0 aliphatic heterocycles. The summed E-state index contributed by atoms with van der Waals surface area (Å²) in [6.45, 7) is 2.09. The first-order valence-corrected chi connectivity index (χ1v) is 8.10. The Bertz CT molecular complexity index is 676. The Morgan fingerprint density at radius 1 is 1.04 bits per heavy atom. The molecule has 0 bridgehead atoms. The highest BCUT2D eigenvalue weighted by Gasteiger charge is 2.26. The Labute approximate surface area is 144 Å². The normalized spacial score (nSPS) is 15.1. The SMILES string of the molecule is CO[C@H](c1ccccc1)[C@H](C)N(C)C(C#N)/C=C/c1ccccc1. The molecule has 0 amide bonds. The number of rotatable bonds is 7. The van der Waals surface area contributed by atoms with Crippen molar-refractivity contribution in [2.24, 2.45) is 0 Å². The molecule has 0 spiro atoms. The number of likely N-dealkylation sites (N-methyl/N-ethyl adjacent to an activating group) is 1. The van der Waals surface area contributed by atoms with E-state index in [1.165, 1.54) is 0 Å². The third kappa shape index (κ3) is 4.55. The van der Waals surface area contributed by atoms with E-state index in [1.54, 1.807) is 7.11 Å². The van der Waals surface area contributed by atoms with Gasteiger partial charge in [0.1, 0.15) is 6.04 Å². The smallest absolute Gasteiger partial charge is 0.117 e. The third-order valence-corrected chi connectivity index (χ3v) is 4.30. The van der Waals surface area contributed by atoms with Crippen molar-refractivity contribution in [2.75, 3.05) is 14.2 Å². The van der Waals surface area contributed by atoms with Crippen molar-refractivity contribution >= 4 is 6.08 Å². The van der Waals surface area contributed by atoms with Crippen LogP contribution in [0.3, 0.4) is 0 Å². The van der Waals surface area contributed by atoms with Gasteiger partial charge < -0.3 is 4.74 Å². The molecule has 0 radical (unpaired) electrons. The molecule has 1 unspecified atom stereocenters. The quantitative estimate of drug-likeness (QED) is 0.763. The fourth-order valence-corrected chi connectivity index (χ4v) is 2.76. The largest absolute Gasteiger partial charge is 0.375 e. The van der Waals surface area contributed by atoms with E-state index in [0.29, 0.717) is 0 Å². The van der Waals surface area contributed by atoms with E-state index in [9.17, 15) is 5.26 Å². The van der Waals surface area contributed by atoms with Gasteiger partial charge in [0.05, 0.1) is 12.2 Å². The van der Waals surface area contributed by atoms with Crippen LogP contribution in [0.15, 0.2) is 66.7 Å². The molecule has 0 heterocycles. The van der Waals surface area contributed by atoms with Crippen molar-refractivity contribution in [2.45, 2.75) is 25.1 Å². The zero-order valence-corrected chi connectivity index (χ0v) is 14.5. The van der Waals surface area contributed by atoms with Crippen LogP contribution >= 0.6 is 0 Å². The van der Waals surface area contributed by atoms with Gasteiger partial charge in [-0.25, -0.2) is 0 Å². The van der Waals surface area contributed by atoms with Gasteiger partial charge in [-0.3, -0.25) is 4.90 Å². The van der Waals surface area contributed by atoms with Gasteiger partial charge in [-0.2, -0.15) is 5.26 Å². The van der Waals surface area contributed by atoms with Gasteiger partial charge in [-0.15, -0.1) is 0 Å². The molecule has 0 N–H and O–H groups in total. The van der Waals surface area contributed by atoms with Crippen molar-refractivity contribution in [3.8, 4) is 6.07 Å². The molecule has 0 aliphatic rings. The van der Waals surface area contributed by atoms with Crippen LogP contribution in [0, 0.1) is 11.3 Å². The Kier molecular flexibility index (Phi) is 6.74. The number of methoxy groups -OCH3 is 1. The van der Waals surface area contributed by atoms with Gasteiger partial charge in [0.2, 0.25) is 0 Å². The van der Waals surface area contributed by atoms with Crippen LogP contribution in [0.5, 0.6) is 0 Å². The number of ether oxygens (including phenoxy) is 1. The first-order chi connectivity index (χ1) is 11.7. The molecule has 2 rings (SSSR count). The lowest BCUT2D eigenvalue weighted by Gasteiger charge is -2.33. The van der Waals surface area contributed by atoms with Crippen LogP contribution in [-0.2, 0) is 4.74 Å². The summed E-state index contributed by atoms with van der Waals surface area (Å²) in [5.74, 6) is 0. The Morgan fingerprint density at radius 3 is 2.17 bits per heavy atom. The van der Waals surface area contributed by atoms with Crippen LogP contribution < -0.4 is 0 Å². The van der Waals surface area contributed by atoms with Crippen molar-refractivity contribution in [3.63, 3.8) is 0 Å². The minimum Gasteiger partial charge on any atom is -0.375 e. The number of hydrogen-bond acceptors (Lipinski definition) is 3. The Balaban J connectivity index is 2.13. The molecule has 124 valence electrons. The summed E-state index contributed by atoms with van der Waals surface area (Å²) in [5.41, 5.74) is 2.20. The molecule has 3 atom stereocenters. The topological polar surface area (TPSA) is 36.3 Å². The first kappa shape index (κ1) is 17.9. The van der Waals surface area contributed by atoms with Crippen LogP contribution in [0.1, 0.15) is 24.2 Å². The van der Waals surface area contributed by atoms with E-state index in [0.717, 1.165) is 11.1 Å². The maximum absolute atomic E-state index is 9.56. The molecule has 0 saturated carbocycles. The van der Waals surface area contributed by atoms with E-state index in [4.69, 9.17) is 4.74 Å². The first-order valence-electron chi connectivity index (χ1n) is 8.10. The molecular weight excluding hydrogens is 296 g/mol. The summed E-state index contributed by atoms with van der Waals surface area (Å²) in [7, 11) is 3.67. The van der Waals surface area contributed by atoms with Crippen molar-refractivity contribution in [1.82, 2.24) is 4.90 Å². The summed E-state index contributed by atoms with van der Waals surface area (Å²) in [6.07, 6.45) is 3.84. The lowest BCUT2D eigenvalue weighted by atomic mass is 10.0. The van der Waals surface area contributed by atoms with Crippen molar-refractivity contribution < 1.29 is 4.74 Å². The second kappa shape index (κ2) is 9.02. The van der Waals surface area contributed by atoms with E-state index in [-0.39, 0.29) is 18.2 Å². The minimum atomic E-state index is -0.318. The van der Waals surface area contributed by atoms with Gasteiger partial charge in [0.15, 0.2) is 0 Å². The molecule has 0 saturated heterocycles. The zero-order valence-electron chi connectivity index (χ0n) is 14.5. The fourth-order valence-electron chi connectivity index (χ4n) is 2.76. The van der Waals surface area contributed by atoms with Gasteiger partial charge >= 0.3 is 0 Å². The molecule has 0 fully saturated rings. The van der Waals surface area contributed by atoms with Gasteiger partial charge in [-0.05, 0) is 25.1 Å². The fraction of sp³-hybridized carbons (Fsp3) is 0.286. The summed E-state index contributed by atoms with van der Waals surface area (Å²) in [6, 6.07) is 22.2. The standard InChI is InChI=1S/C21H24N2O/c1-17(21(24-3)19-12-8-5-9-13-19)23(2)20(16-22)15-14-18-10-6-4-7-11-18/h4-15,17,20-21H,1-3H3/b15-14+/t17-,20?,21-/m0/s1. The van der Waals surface area contributed by atoms with Gasteiger partial charge in [0.25, 0.3) is 0 Å². The molecule has 3 heteroatoms. The number of nitriles is 1. The van der Waals surface area contributed by atoms with Crippen LogP contribution in [-0.4, -0.2) is 31.1 Å². The van der Waals surface area contributed by atoms with E-state index >= 15 is 0 Å². The maximum Gasteiger partial charge on any atom is 0.117 e. The number of benzene rings is 2. The highest BCUT2D eigenvalue weighted by atomic mass is 16.5. The zero-order chi connectivity index (χ0) is 17.4. The summed E-state index contributed by atoms with van der Waals surface area (Å²) >= 11 is 0.